The predicted molar refractivity (Wildman–Crippen MR) is 119 cm³/mol. The Morgan fingerprint density at radius 2 is 1.94 bits per heavy atom. The molecule has 0 bridgehead atoms. The minimum atomic E-state index is -0.119. The van der Waals surface area contributed by atoms with Crippen LogP contribution in [-0.4, -0.2) is 59.7 Å². The summed E-state index contributed by atoms with van der Waals surface area (Å²) in [5.41, 5.74) is 2.03. The molecule has 1 aromatic heterocycles. The zero-order chi connectivity index (χ0) is 21.3. The van der Waals surface area contributed by atoms with Gasteiger partial charge in [-0.15, -0.1) is 0 Å². The molecule has 0 aliphatic carbocycles. The van der Waals surface area contributed by atoms with Crippen LogP contribution in [0.15, 0.2) is 36.7 Å². The Morgan fingerprint density at radius 3 is 2.68 bits per heavy atom. The lowest BCUT2D eigenvalue weighted by Crippen LogP contribution is -2.35. The fraction of sp³-hybridized carbons (Fsp3) is 0.542. The summed E-state index contributed by atoms with van der Waals surface area (Å²) in [5.74, 6) is 1.32. The maximum atomic E-state index is 12.3. The summed E-state index contributed by atoms with van der Waals surface area (Å²) in [6.45, 7) is 4.32. The second-order valence-electron chi connectivity index (χ2n) is 8.31. The molecule has 0 spiro atoms. The van der Waals surface area contributed by atoms with Gasteiger partial charge >= 0.3 is 0 Å². The Labute approximate surface area is 184 Å². The van der Waals surface area contributed by atoms with Gasteiger partial charge in [0.05, 0.1) is 6.10 Å². The molecular formula is C24H32N4O3. The van der Waals surface area contributed by atoms with Crippen LogP contribution in [0.1, 0.15) is 44.1 Å². The fourth-order valence-corrected chi connectivity index (χ4v) is 4.19. The number of hydrogen-bond donors (Lipinski definition) is 1. The van der Waals surface area contributed by atoms with Crippen LogP contribution in [-0.2, 0) is 16.1 Å². The van der Waals surface area contributed by atoms with Crippen molar-refractivity contribution in [2.24, 2.45) is 0 Å². The number of likely N-dealkylation sites (tertiary alicyclic amines) is 1. The Balaban J connectivity index is 1.43. The van der Waals surface area contributed by atoms with Crippen LogP contribution < -0.4 is 10.1 Å². The van der Waals surface area contributed by atoms with Crippen LogP contribution in [0.25, 0.3) is 11.4 Å². The van der Waals surface area contributed by atoms with E-state index in [-0.39, 0.29) is 18.6 Å². The molecular weight excluding hydrogens is 392 g/mol. The number of nitrogens with zero attached hydrogens (tertiary/aromatic N) is 3. The van der Waals surface area contributed by atoms with E-state index in [0.717, 1.165) is 56.0 Å². The van der Waals surface area contributed by atoms with Gasteiger partial charge in [-0.25, -0.2) is 9.97 Å². The predicted octanol–water partition coefficient (Wildman–Crippen LogP) is 3.19. The molecule has 2 fully saturated rings. The topological polar surface area (TPSA) is 76.6 Å². The first-order valence-electron chi connectivity index (χ1n) is 11.4. The second kappa shape index (κ2) is 11.2. The van der Waals surface area contributed by atoms with Crippen molar-refractivity contribution in [1.29, 1.82) is 0 Å². The zero-order valence-electron chi connectivity index (χ0n) is 18.1. The van der Waals surface area contributed by atoms with Gasteiger partial charge in [0.15, 0.2) is 12.4 Å². The van der Waals surface area contributed by atoms with Crippen molar-refractivity contribution in [3.8, 4) is 17.1 Å². The van der Waals surface area contributed by atoms with E-state index in [2.05, 4.69) is 26.3 Å². The van der Waals surface area contributed by atoms with Crippen LogP contribution in [0.4, 0.5) is 0 Å². The average molecular weight is 425 g/mol. The maximum absolute atomic E-state index is 12.3. The van der Waals surface area contributed by atoms with E-state index < -0.39 is 0 Å². The summed E-state index contributed by atoms with van der Waals surface area (Å²) in [6, 6.07) is 7.81. The zero-order valence-corrected chi connectivity index (χ0v) is 18.1. The van der Waals surface area contributed by atoms with Gasteiger partial charge < -0.3 is 14.8 Å². The van der Waals surface area contributed by atoms with Crippen molar-refractivity contribution in [2.75, 3.05) is 32.8 Å². The van der Waals surface area contributed by atoms with Gasteiger partial charge in [0.1, 0.15) is 5.75 Å². The highest BCUT2D eigenvalue weighted by molar-refractivity contribution is 5.77. The molecule has 0 saturated carbocycles. The molecule has 2 aliphatic rings. The van der Waals surface area contributed by atoms with Gasteiger partial charge in [0.2, 0.25) is 0 Å². The molecule has 7 heteroatoms. The highest BCUT2D eigenvalue weighted by Crippen LogP contribution is 2.27. The first-order valence-corrected chi connectivity index (χ1v) is 11.4. The van der Waals surface area contributed by atoms with Crippen LogP contribution in [0, 0.1) is 0 Å². The highest BCUT2D eigenvalue weighted by atomic mass is 16.5. The second-order valence-corrected chi connectivity index (χ2v) is 8.31. The Hall–Kier alpha value is -2.51. The molecule has 1 unspecified atom stereocenters. The summed E-state index contributed by atoms with van der Waals surface area (Å²) >= 11 is 0. The largest absolute Gasteiger partial charge is 0.483 e. The highest BCUT2D eigenvalue weighted by Gasteiger charge is 2.18. The van der Waals surface area contributed by atoms with Gasteiger partial charge in [-0.1, -0.05) is 12.8 Å². The van der Waals surface area contributed by atoms with E-state index in [1.165, 1.54) is 25.7 Å². The number of hydrogen-bond acceptors (Lipinski definition) is 6. The molecule has 1 amide bonds. The minimum absolute atomic E-state index is 0.000896. The number of carbonyl (C=O) groups excluding carboxylic acids is 1. The average Bonchev–Trinajstić information content (AvgIpc) is 3.20. The number of ether oxygens (including phenoxy) is 2. The molecule has 2 aliphatic heterocycles. The first-order chi connectivity index (χ1) is 15.3. The van der Waals surface area contributed by atoms with Gasteiger partial charge in [-0.3, -0.25) is 9.69 Å². The quantitative estimate of drug-likeness (QED) is 0.701. The van der Waals surface area contributed by atoms with Crippen molar-refractivity contribution >= 4 is 5.91 Å². The molecule has 1 atom stereocenters. The number of aromatic nitrogens is 2. The lowest BCUT2D eigenvalue weighted by Gasteiger charge is -2.22. The van der Waals surface area contributed by atoms with Crippen molar-refractivity contribution in [2.45, 2.75) is 51.2 Å². The lowest BCUT2D eigenvalue weighted by atomic mass is 10.1. The molecule has 0 radical (unpaired) electrons. The number of nitrogens with one attached hydrogen (secondary N) is 1. The third kappa shape index (κ3) is 6.48. The summed E-state index contributed by atoms with van der Waals surface area (Å²) in [5, 5.41) is 2.92. The van der Waals surface area contributed by atoms with Crippen LogP contribution in [0.5, 0.6) is 5.75 Å². The van der Waals surface area contributed by atoms with Crippen LogP contribution >= 0.6 is 0 Å². The molecule has 7 nitrogen and oxygen atoms in total. The molecule has 3 heterocycles. The van der Waals surface area contributed by atoms with E-state index in [0.29, 0.717) is 12.4 Å². The molecule has 31 heavy (non-hydrogen) atoms. The van der Waals surface area contributed by atoms with E-state index in [1.807, 2.05) is 18.2 Å². The number of benzene rings is 1. The monoisotopic (exact) mass is 424 g/mol. The van der Waals surface area contributed by atoms with E-state index in [1.54, 1.807) is 12.4 Å². The lowest BCUT2D eigenvalue weighted by molar-refractivity contribution is -0.123. The van der Waals surface area contributed by atoms with Crippen molar-refractivity contribution < 1.29 is 14.3 Å². The Morgan fingerprint density at radius 1 is 1.13 bits per heavy atom. The third-order valence-corrected chi connectivity index (χ3v) is 5.89. The van der Waals surface area contributed by atoms with Crippen molar-refractivity contribution in [1.82, 2.24) is 20.2 Å². The molecule has 1 N–H and O–H groups in total. The van der Waals surface area contributed by atoms with Gasteiger partial charge in [-0.2, -0.15) is 0 Å². The standard InChI is InChI=1S/C24H32N4O3/c29-23(27-16-21-7-5-14-30-21)18-31-22-9-8-19(24-25-10-6-11-26-24)15-20(22)17-28-12-3-1-2-4-13-28/h6,8-11,15,21H,1-5,7,12-14,16-18H2,(H,27,29). The van der Waals surface area contributed by atoms with E-state index >= 15 is 0 Å². The molecule has 1 aromatic carbocycles. The number of rotatable bonds is 8. The summed E-state index contributed by atoms with van der Waals surface area (Å²) < 4.78 is 11.5. The molecule has 166 valence electrons. The summed E-state index contributed by atoms with van der Waals surface area (Å²) in [7, 11) is 0. The van der Waals surface area contributed by atoms with E-state index in [9.17, 15) is 4.79 Å². The van der Waals surface area contributed by atoms with Crippen molar-refractivity contribution in [3.63, 3.8) is 0 Å². The maximum Gasteiger partial charge on any atom is 0.258 e. The molecule has 2 saturated heterocycles. The Bertz CT molecular complexity index is 832. The van der Waals surface area contributed by atoms with Gasteiger partial charge in [0, 0.05) is 43.2 Å². The minimum Gasteiger partial charge on any atom is -0.483 e. The van der Waals surface area contributed by atoms with Gasteiger partial charge in [-0.05, 0) is 63.0 Å². The normalized spacial score (nSPS) is 19.7. The van der Waals surface area contributed by atoms with Crippen molar-refractivity contribution in [3.05, 3.63) is 42.2 Å². The number of amides is 1. The van der Waals surface area contributed by atoms with Gasteiger partial charge in [0.25, 0.3) is 5.91 Å². The Kier molecular flexibility index (Phi) is 7.85. The third-order valence-electron chi connectivity index (χ3n) is 5.89. The van der Waals surface area contributed by atoms with E-state index in [4.69, 9.17) is 9.47 Å². The molecule has 4 rings (SSSR count). The smallest absolute Gasteiger partial charge is 0.258 e. The van der Waals surface area contributed by atoms with Crippen LogP contribution in [0.2, 0.25) is 0 Å². The number of carbonyl (C=O) groups is 1. The summed E-state index contributed by atoms with van der Waals surface area (Å²) in [6.07, 6.45) is 10.7. The van der Waals surface area contributed by atoms with Crippen LogP contribution in [0.3, 0.4) is 0 Å². The first kappa shape index (κ1) is 21.7. The molecule has 2 aromatic rings. The summed E-state index contributed by atoms with van der Waals surface area (Å²) in [4.78, 5) is 23.5. The SMILES string of the molecule is O=C(COc1ccc(-c2ncccn2)cc1CN1CCCCCC1)NCC1CCCO1. The fourth-order valence-electron chi connectivity index (χ4n) is 4.19.